The number of ether oxygens (including phenoxy) is 1. The van der Waals surface area contributed by atoms with Gasteiger partial charge in [-0.3, -0.25) is 14.5 Å². The first-order chi connectivity index (χ1) is 15.4. The molecule has 0 aromatic heterocycles. The van der Waals surface area contributed by atoms with Crippen molar-refractivity contribution < 1.29 is 28.3 Å². The fourth-order valence-electron chi connectivity index (χ4n) is 4.25. The van der Waals surface area contributed by atoms with Crippen LogP contribution >= 0.6 is 0 Å². The maximum Gasteiger partial charge on any atom is 0.344 e. The van der Waals surface area contributed by atoms with Gasteiger partial charge in [0.05, 0.1) is 23.7 Å². The van der Waals surface area contributed by atoms with Crippen molar-refractivity contribution in [2.75, 3.05) is 19.6 Å². The fraction of sp³-hybridized carbons (Fsp3) is 0.217. The van der Waals surface area contributed by atoms with Crippen molar-refractivity contribution in [3.05, 3.63) is 70.5 Å². The van der Waals surface area contributed by atoms with Crippen molar-refractivity contribution in [2.24, 2.45) is 0 Å². The van der Waals surface area contributed by atoms with Gasteiger partial charge in [0.25, 0.3) is 5.91 Å². The lowest BCUT2D eigenvalue weighted by Gasteiger charge is -2.21. The summed E-state index contributed by atoms with van der Waals surface area (Å²) in [5.41, 5.74) is 1.44. The molecule has 0 bridgehead atoms. The minimum absolute atomic E-state index is 0.0533. The Morgan fingerprint density at radius 1 is 1.12 bits per heavy atom. The third kappa shape index (κ3) is 3.31. The van der Waals surface area contributed by atoms with E-state index in [0.29, 0.717) is 35.4 Å². The average Bonchev–Trinajstić information content (AvgIpc) is 3.47. The van der Waals surface area contributed by atoms with E-state index in [4.69, 9.17) is 4.74 Å². The molecule has 0 saturated carbocycles. The second-order valence-corrected chi connectivity index (χ2v) is 7.80. The number of fused-ring (bicyclic) bond motifs is 1. The number of hydrogen-bond acceptors (Lipinski definition) is 5. The number of nitrogens with one attached hydrogen (secondary N) is 1. The van der Waals surface area contributed by atoms with E-state index in [0.717, 1.165) is 4.90 Å². The maximum absolute atomic E-state index is 14.5. The van der Waals surface area contributed by atoms with Crippen LogP contribution in [-0.4, -0.2) is 59.3 Å². The molecule has 0 radical (unpaired) electrons. The highest BCUT2D eigenvalue weighted by Gasteiger charge is 2.40. The second-order valence-electron chi connectivity index (χ2n) is 7.80. The zero-order valence-electron chi connectivity index (χ0n) is 16.8. The molecule has 8 nitrogen and oxygen atoms in total. The first-order valence-electron chi connectivity index (χ1n) is 10.1. The van der Waals surface area contributed by atoms with Crippen LogP contribution in [-0.2, 0) is 9.53 Å². The molecule has 2 aromatic carbocycles. The highest BCUT2D eigenvalue weighted by molar-refractivity contribution is 6.06. The lowest BCUT2D eigenvalue weighted by molar-refractivity contribution is -0.126. The molecular weight excluding hydrogens is 417 g/mol. The predicted octanol–water partition coefficient (Wildman–Crippen LogP) is 2.26. The van der Waals surface area contributed by atoms with Gasteiger partial charge in [-0.05, 0) is 36.3 Å². The summed E-state index contributed by atoms with van der Waals surface area (Å²) in [4.78, 5) is 51.4. The van der Waals surface area contributed by atoms with Crippen LogP contribution in [0.25, 0.3) is 11.8 Å². The van der Waals surface area contributed by atoms with E-state index in [2.05, 4.69) is 5.32 Å². The van der Waals surface area contributed by atoms with Crippen molar-refractivity contribution >= 4 is 35.6 Å². The first-order valence-corrected chi connectivity index (χ1v) is 10.1. The number of rotatable bonds is 3. The van der Waals surface area contributed by atoms with E-state index in [1.807, 2.05) is 0 Å². The van der Waals surface area contributed by atoms with Gasteiger partial charge < -0.3 is 15.0 Å². The Kier molecular flexibility index (Phi) is 4.73. The minimum atomic E-state index is -0.681. The molecule has 32 heavy (non-hydrogen) atoms. The van der Waals surface area contributed by atoms with Crippen LogP contribution in [0.3, 0.4) is 0 Å². The van der Waals surface area contributed by atoms with Gasteiger partial charge in [-0.2, -0.15) is 0 Å². The molecule has 162 valence electrons. The van der Waals surface area contributed by atoms with Crippen molar-refractivity contribution in [3.8, 4) is 0 Å². The van der Waals surface area contributed by atoms with Gasteiger partial charge in [0, 0.05) is 18.7 Å². The van der Waals surface area contributed by atoms with Crippen LogP contribution in [0.2, 0.25) is 0 Å². The van der Waals surface area contributed by atoms with E-state index >= 15 is 0 Å². The van der Waals surface area contributed by atoms with Gasteiger partial charge in [-0.1, -0.05) is 24.3 Å². The predicted molar refractivity (Wildman–Crippen MR) is 111 cm³/mol. The standard InChI is InChI=1S/C23H18FN3O5/c24-18-6-5-13(10-19-15-3-1-2-4-16(15)22(30)32-19)9-17(18)21(29)26-8-7-14(12-26)27-20(28)11-25-23(27)31/h1-6,9-10,14H,7-8,11-12H2,(H,25,31). The second kappa shape index (κ2) is 7.60. The lowest BCUT2D eigenvalue weighted by atomic mass is 10.0. The van der Waals surface area contributed by atoms with Crippen LogP contribution in [0, 0.1) is 5.82 Å². The van der Waals surface area contributed by atoms with E-state index in [-0.39, 0.29) is 24.6 Å². The van der Waals surface area contributed by atoms with Crippen LogP contribution in [0.15, 0.2) is 42.5 Å². The minimum Gasteiger partial charge on any atom is -0.422 e. The smallest absolute Gasteiger partial charge is 0.344 e. The quantitative estimate of drug-likeness (QED) is 0.590. The molecule has 0 spiro atoms. The molecule has 3 aliphatic heterocycles. The van der Waals surface area contributed by atoms with Gasteiger partial charge in [0.15, 0.2) is 0 Å². The van der Waals surface area contributed by atoms with Gasteiger partial charge in [-0.15, -0.1) is 0 Å². The molecule has 2 fully saturated rings. The number of hydrogen-bond donors (Lipinski definition) is 1. The number of nitrogens with zero attached hydrogens (tertiary/aromatic N) is 2. The molecule has 0 aliphatic carbocycles. The molecule has 2 saturated heterocycles. The molecule has 4 amide bonds. The summed E-state index contributed by atoms with van der Waals surface area (Å²) in [7, 11) is 0. The van der Waals surface area contributed by atoms with E-state index in [9.17, 15) is 23.6 Å². The third-order valence-electron chi connectivity index (χ3n) is 5.83. The van der Waals surface area contributed by atoms with E-state index in [1.54, 1.807) is 30.3 Å². The van der Waals surface area contributed by atoms with Gasteiger partial charge in [0.2, 0.25) is 5.91 Å². The number of carbonyl (C=O) groups is 4. The maximum atomic E-state index is 14.5. The van der Waals surface area contributed by atoms with Crippen molar-refractivity contribution in [1.82, 2.24) is 15.1 Å². The van der Waals surface area contributed by atoms with Crippen molar-refractivity contribution in [3.63, 3.8) is 0 Å². The molecule has 5 rings (SSSR count). The number of imide groups is 1. The summed E-state index contributed by atoms with van der Waals surface area (Å²) in [6.07, 6.45) is 2.02. The number of cyclic esters (lactones) is 1. The molecule has 1 atom stereocenters. The van der Waals surface area contributed by atoms with Crippen molar-refractivity contribution in [1.29, 1.82) is 0 Å². The zero-order valence-corrected chi connectivity index (χ0v) is 16.8. The zero-order chi connectivity index (χ0) is 22.4. The molecule has 3 heterocycles. The number of benzene rings is 2. The van der Waals surface area contributed by atoms with Gasteiger partial charge in [-0.25, -0.2) is 14.0 Å². The number of esters is 1. The number of amides is 4. The van der Waals surface area contributed by atoms with Crippen molar-refractivity contribution in [2.45, 2.75) is 12.5 Å². The monoisotopic (exact) mass is 435 g/mol. The lowest BCUT2D eigenvalue weighted by Crippen LogP contribution is -2.43. The largest absolute Gasteiger partial charge is 0.422 e. The van der Waals surface area contributed by atoms with Gasteiger partial charge >= 0.3 is 12.0 Å². The summed E-state index contributed by atoms with van der Waals surface area (Å²) < 4.78 is 19.8. The van der Waals surface area contributed by atoms with Crippen LogP contribution in [0.4, 0.5) is 9.18 Å². The van der Waals surface area contributed by atoms with Gasteiger partial charge in [0.1, 0.15) is 11.6 Å². The summed E-state index contributed by atoms with van der Waals surface area (Å²) in [6, 6.07) is 10.1. The number of carbonyl (C=O) groups excluding carboxylic acids is 4. The summed E-state index contributed by atoms with van der Waals surface area (Å²) >= 11 is 0. The Bertz CT molecular complexity index is 1190. The number of urea groups is 1. The fourth-order valence-corrected chi connectivity index (χ4v) is 4.25. The molecular formula is C23H18FN3O5. The van der Waals surface area contributed by atoms with Crippen LogP contribution in [0.5, 0.6) is 0 Å². The average molecular weight is 435 g/mol. The highest BCUT2D eigenvalue weighted by Crippen LogP contribution is 2.31. The molecule has 3 aliphatic rings. The molecule has 1 unspecified atom stereocenters. The Morgan fingerprint density at radius 3 is 2.66 bits per heavy atom. The topological polar surface area (TPSA) is 96.0 Å². The first kappa shape index (κ1) is 19.9. The molecule has 1 N–H and O–H groups in total. The Balaban J connectivity index is 1.38. The summed E-state index contributed by atoms with van der Waals surface area (Å²) in [6.45, 7) is 0.395. The Hall–Kier alpha value is -4.01. The molecule has 2 aromatic rings. The SMILES string of the molecule is O=C1OC(=Cc2ccc(F)c(C(=O)N3CCC(N4C(=O)CNC4=O)C3)c2)c2ccccc21. The molecule has 9 heteroatoms. The Morgan fingerprint density at radius 2 is 1.91 bits per heavy atom. The number of halogens is 1. The Labute approximate surface area is 182 Å². The van der Waals surface area contributed by atoms with E-state index in [1.165, 1.54) is 23.1 Å². The number of likely N-dealkylation sites (tertiary alicyclic amines) is 1. The summed E-state index contributed by atoms with van der Waals surface area (Å²) in [5.74, 6) is -1.68. The normalized spacial score (nSPS) is 21.2. The van der Waals surface area contributed by atoms with Crippen LogP contribution in [0.1, 0.15) is 38.3 Å². The highest BCUT2D eigenvalue weighted by atomic mass is 19.1. The van der Waals surface area contributed by atoms with E-state index < -0.39 is 29.8 Å². The summed E-state index contributed by atoms with van der Waals surface area (Å²) in [5, 5.41) is 2.46. The third-order valence-corrected chi connectivity index (χ3v) is 5.83. The van der Waals surface area contributed by atoms with Crippen LogP contribution < -0.4 is 5.32 Å².